The molecule has 0 radical (unpaired) electrons. The van der Waals surface area contributed by atoms with Crippen LogP contribution in [-0.4, -0.2) is 13.1 Å². The Morgan fingerprint density at radius 3 is 1.00 bits per heavy atom. The summed E-state index contributed by atoms with van der Waals surface area (Å²) in [5.74, 6) is 0. The largest absolute Gasteiger partial charge is 2.00 e. The fourth-order valence-electron chi connectivity index (χ4n) is 0. The Morgan fingerprint density at radius 1 is 1.00 bits per heavy atom. The van der Waals surface area contributed by atoms with Crippen molar-refractivity contribution in [2.24, 2.45) is 0 Å². The first-order valence-corrected chi connectivity index (χ1v) is 2.12. The Balaban J connectivity index is -0.0000000400. The second kappa shape index (κ2) is 30.6. The maximum absolute atomic E-state index is 6.21. The zero-order valence-electron chi connectivity index (χ0n) is 4.82. The van der Waals surface area contributed by atoms with Gasteiger partial charge in [0.2, 0.25) is 0 Å². The Bertz CT molecular complexity index is 11.7. The van der Waals surface area contributed by atoms with Crippen LogP contribution in [0.4, 0.5) is 0 Å². The van der Waals surface area contributed by atoms with Gasteiger partial charge < -0.3 is 11.5 Å². The summed E-state index contributed by atoms with van der Waals surface area (Å²) in [6, 6.07) is 0. The van der Waals surface area contributed by atoms with Crippen LogP contribution < -0.4 is 0 Å². The monoisotopic (exact) mass is 272 g/mol. The Hall–Kier alpha value is 0.608. The maximum atomic E-state index is 6.21. The van der Waals surface area contributed by atoms with Crippen LogP contribution in [0.3, 0.4) is 0 Å². The third kappa shape index (κ3) is 379. The average Bonchev–Trinajstić information content (AvgIpc) is 1.39. The summed E-state index contributed by atoms with van der Waals surface area (Å²) in [7, 11) is 0. The molecule has 0 atom stereocenters. The minimum absolute atomic E-state index is 0. The minimum atomic E-state index is 0. The van der Waals surface area contributed by atoms with Crippen molar-refractivity contribution in [1.82, 2.24) is 0 Å². The minimum Gasteiger partial charge on any atom is -0.678 e. The van der Waals surface area contributed by atoms with E-state index in [1.54, 1.807) is 13.8 Å². The van der Waals surface area contributed by atoms with Crippen LogP contribution >= 0.6 is 0 Å². The summed E-state index contributed by atoms with van der Waals surface area (Å²) >= 11 is 0. The molecule has 0 bridgehead atoms. The predicted molar refractivity (Wildman–Crippen MR) is 29.7 cm³/mol. The fourth-order valence-corrected chi connectivity index (χ4v) is 0. The fraction of sp³-hybridized carbons (Fsp3) is 1.00. The second-order valence-corrected chi connectivity index (χ2v) is 0.707. The van der Waals surface area contributed by atoms with E-state index in [-0.39, 0.29) is 21.1 Å². The van der Waals surface area contributed by atoms with Crippen molar-refractivity contribution in [3.63, 3.8) is 0 Å². The van der Waals surface area contributed by atoms with E-state index < -0.39 is 0 Å². The molecule has 0 saturated carbocycles. The first-order chi connectivity index (χ1) is 2.83. The van der Waals surface area contributed by atoms with E-state index in [0.717, 1.165) is 0 Å². The summed E-state index contributed by atoms with van der Waals surface area (Å²) in [6.07, 6.45) is 0. The van der Waals surface area contributed by atoms with Crippen LogP contribution in [0.15, 0.2) is 0 Å². The third-order valence-corrected chi connectivity index (χ3v) is 0. The van der Waals surface area contributed by atoms with Gasteiger partial charge in [0.05, 0.1) is 0 Å². The molecular formula is C4H12N2W. The Morgan fingerprint density at radius 2 is 1.00 bits per heavy atom. The molecule has 0 rings (SSSR count). The zero-order valence-corrected chi connectivity index (χ0v) is 7.76. The molecule has 44 valence electrons. The molecule has 0 unspecified atom stereocenters. The molecule has 7 heavy (non-hydrogen) atoms. The van der Waals surface area contributed by atoms with Crippen LogP contribution in [0.1, 0.15) is 13.8 Å². The van der Waals surface area contributed by atoms with Gasteiger partial charge in [0.25, 0.3) is 0 Å². The molecule has 0 fully saturated rings. The van der Waals surface area contributed by atoms with Crippen molar-refractivity contribution in [2.45, 2.75) is 13.8 Å². The van der Waals surface area contributed by atoms with Crippen molar-refractivity contribution in [2.75, 3.05) is 13.1 Å². The van der Waals surface area contributed by atoms with Gasteiger partial charge in [-0.05, 0) is 0 Å². The van der Waals surface area contributed by atoms with Crippen LogP contribution in [0, 0.1) is 0 Å². The molecular weight excluding hydrogens is 260 g/mol. The second-order valence-electron chi connectivity index (χ2n) is 0.707. The quantitative estimate of drug-likeness (QED) is 0.648. The summed E-state index contributed by atoms with van der Waals surface area (Å²) in [5.41, 5.74) is 12.4. The van der Waals surface area contributed by atoms with E-state index in [4.69, 9.17) is 11.5 Å². The summed E-state index contributed by atoms with van der Waals surface area (Å²) in [6.45, 7) is 4.58. The topological polar surface area (TPSA) is 47.6 Å². The van der Waals surface area contributed by atoms with Crippen LogP contribution in [0.2, 0.25) is 0 Å². The SMILES string of the molecule is CC[NH-].CC[NH-].[W+2]. The zero-order chi connectivity index (χ0) is 5.41. The number of rotatable bonds is 0. The average molecular weight is 272 g/mol. The van der Waals surface area contributed by atoms with Gasteiger partial charge in [-0.15, -0.1) is 0 Å². The van der Waals surface area contributed by atoms with Crippen LogP contribution in [0.25, 0.3) is 11.5 Å². The van der Waals surface area contributed by atoms with Gasteiger partial charge >= 0.3 is 21.1 Å². The number of hydrogen-bond acceptors (Lipinski definition) is 0. The Labute approximate surface area is 59.9 Å². The van der Waals surface area contributed by atoms with Gasteiger partial charge in [0.1, 0.15) is 0 Å². The van der Waals surface area contributed by atoms with E-state index >= 15 is 0 Å². The number of hydrogen-bond donors (Lipinski definition) is 0. The standard InChI is InChI=1S/2C2H6N.W/c2*1-2-3;/h2*3H,2H2,1H3;/q2*-1;+2. The predicted octanol–water partition coefficient (Wildman–Crippen LogP) is 2.11. The molecule has 0 aromatic rings. The molecule has 0 heterocycles. The molecule has 0 aliphatic heterocycles. The van der Waals surface area contributed by atoms with Crippen LogP contribution in [-0.2, 0) is 21.1 Å². The van der Waals surface area contributed by atoms with Gasteiger partial charge in [-0.3, -0.25) is 0 Å². The Kier molecular flexibility index (Phi) is 68.3. The van der Waals surface area contributed by atoms with Crippen molar-refractivity contribution in [3.05, 3.63) is 11.5 Å². The smallest absolute Gasteiger partial charge is 0.678 e. The van der Waals surface area contributed by atoms with E-state index in [0.29, 0.717) is 13.1 Å². The normalized spacial score (nSPS) is 5.14. The van der Waals surface area contributed by atoms with Gasteiger partial charge in [-0.1, -0.05) is 13.8 Å². The van der Waals surface area contributed by atoms with Gasteiger partial charge in [0, 0.05) is 0 Å². The van der Waals surface area contributed by atoms with Crippen molar-refractivity contribution >= 4 is 0 Å². The van der Waals surface area contributed by atoms with Crippen molar-refractivity contribution in [3.8, 4) is 0 Å². The van der Waals surface area contributed by atoms with E-state index in [9.17, 15) is 0 Å². The van der Waals surface area contributed by atoms with E-state index in [2.05, 4.69) is 0 Å². The molecule has 0 aromatic carbocycles. The summed E-state index contributed by atoms with van der Waals surface area (Å²) in [5, 5.41) is 0. The summed E-state index contributed by atoms with van der Waals surface area (Å²) in [4.78, 5) is 0. The van der Waals surface area contributed by atoms with Crippen molar-refractivity contribution in [1.29, 1.82) is 0 Å². The molecule has 0 saturated heterocycles. The van der Waals surface area contributed by atoms with E-state index in [1.807, 2.05) is 0 Å². The molecule has 0 amide bonds. The van der Waals surface area contributed by atoms with Crippen molar-refractivity contribution < 1.29 is 21.1 Å². The molecule has 3 heteroatoms. The first kappa shape index (κ1) is 15.6. The molecule has 2 nitrogen and oxygen atoms in total. The first-order valence-electron chi connectivity index (χ1n) is 2.12. The maximum Gasteiger partial charge on any atom is 2.00 e. The van der Waals surface area contributed by atoms with E-state index in [1.165, 1.54) is 0 Å². The summed E-state index contributed by atoms with van der Waals surface area (Å²) < 4.78 is 0. The van der Waals surface area contributed by atoms with Gasteiger partial charge in [0.15, 0.2) is 0 Å². The van der Waals surface area contributed by atoms with Gasteiger partial charge in [-0.2, -0.15) is 13.1 Å². The third-order valence-electron chi connectivity index (χ3n) is 0. The molecule has 0 aromatic heterocycles. The molecule has 0 aliphatic carbocycles. The van der Waals surface area contributed by atoms with Gasteiger partial charge in [-0.25, -0.2) is 0 Å². The van der Waals surface area contributed by atoms with Crippen LogP contribution in [0.5, 0.6) is 0 Å². The molecule has 0 aliphatic rings. The number of nitrogens with one attached hydrogen (secondary N) is 2. The molecule has 2 N–H and O–H groups in total. The molecule has 0 spiro atoms.